The fourth-order valence-corrected chi connectivity index (χ4v) is 4.08. The molecule has 144 valence electrons. The van der Waals surface area contributed by atoms with Crippen LogP contribution in [0.25, 0.3) is 0 Å². The van der Waals surface area contributed by atoms with Gasteiger partial charge in [0.2, 0.25) is 5.91 Å². The van der Waals surface area contributed by atoms with Crippen LogP contribution in [0.1, 0.15) is 31.7 Å². The lowest BCUT2D eigenvalue weighted by Crippen LogP contribution is -2.45. The van der Waals surface area contributed by atoms with Crippen LogP contribution in [0.5, 0.6) is 0 Å². The highest BCUT2D eigenvalue weighted by molar-refractivity contribution is 6.35. The number of rotatable bonds is 5. The fourth-order valence-electron chi connectivity index (χ4n) is 3.49. The number of halogens is 2. The van der Waals surface area contributed by atoms with Crippen molar-refractivity contribution in [3.8, 4) is 0 Å². The van der Waals surface area contributed by atoms with E-state index in [9.17, 15) is 9.59 Å². The van der Waals surface area contributed by atoms with E-state index in [4.69, 9.17) is 27.9 Å². The number of nitrogens with one attached hydrogen (secondary N) is 1. The zero-order valence-electron chi connectivity index (χ0n) is 15.1. The molecule has 0 unspecified atom stereocenters. The summed E-state index contributed by atoms with van der Waals surface area (Å²) in [6.07, 6.45) is 3.56. The van der Waals surface area contributed by atoms with Gasteiger partial charge in [-0.1, -0.05) is 36.2 Å². The van der Waals surface area contributed by atoms with Gasteiger partial charge in [0.05, 0.1) is 11.1 Å². The fraction of sp³-hybridized carbons (Fsp3) is 0.400. The molecule has 1 aliphatic heterocycles. The topological polar surface area (TPSA) is 60.3 Å². The summed E-state index contributed by atoms with van der Waals surface area (Å²) in [5, 5.41) is 3.97. The van der Waals surface area contributed by atoms with Crippen LogP contribution in [0, 0.1) is 0 Å². The van der Waals surface area contributed by atoms with Gasteiger partial charge in [0, 0.05) is 42.1 Å². The Balaban J connectivity index is 1.95. The van der Waals surface area contributed by atoms with E-state index in [0.29, 0.717) is 48.3 Å². The van der Waals surface area contributed by atoms with Crippen molar-refractivity contribution in [1.82, 2.24) is 4.57 Å². The average Bonchev–Trinajstić information content (AvgIpc) is 2.65. The van der Waals surface area contributed by atoms with E-state index in [1.54, 1.807) is 29.0 Å². The summed E-state index contributed by atoms with van der Waals surface area (Å²) in [5.41, 5.74) is 0.447. The molecule has 0 aliphatic carbocycles. The highest BCUT2D eigenvalue weighted by Crippen LogP contribution is 2.40. The average molecular weight is 409 g/mol. The molecule has 1 N–H and O–H groups in total. The first-order valence-electron chi connectivity index (χ1n) is 9.01. The molecule has 2 heterocycles. The monoisotopic (exact) mass is 408 g/mol. The third-order valence-corrected chi connectivity index (χ3v) is 5.48. The Morgan fingerprint density at radius 3 is 2.63 bits per heavy atom. The summed E-state index contributed by atoms with van der Waals surface area (Å²) in [6, 6.07) is 8.31. The van der Waals surface area contributed by atoms with Crippen LogP contribution in [0.4, 0.5) is 5.69 Å². The standard InChI is InChI=1S/C20H22Cl2N2O3/c1-2-9-24-13-15(4-6-18(24)25)23-19(26)20(7-10-27-11-8-20)16-5-3-14(21)12-17(16)22/h3-6,12-13H,2,7-11H2,1H3,(H,23,26). The third-order valence-electron chi connectivity index (χ3n) is 4.93. The molecular weight excluding hydrogens is 387 g/mol. The number of hydrogen-bond donors (Lipinski definition) is 1. The minimum atomic E-state index is -0.800. The second kappa shape index (κ2) is 8.46. The second-order valence-corrected chi connectivity index (χ2v) is 7.57. The largest absolute Gasteiger partial charge is 0.381 e. The Morgan fingerprint density at radius 2 is 1.96 bits per heavy atom. The van der Waals surface area contributed by atoms with Crippen molar-refractivity contribution in [1.29, 1.82) is 0 Å². The van der Waals surface area contributed by atoms with Crippen LogP contribution in [-0.4, -0.2) is 23.7 Å². The molecule has 5 nitrogen and oxygen atoms in total. The molecule has 1 saturated heterocycles. The van der Waals surface area contributed by atoms with Gasteiger partial charge in [-0.3, -0.25) is 9.59 Å². The van der Waals surface area contributed by atoms with Gasteiger partial charge < -0.3 is 14.6 Å². The van der Waals surface area contributed by atoms with Crippen molar-refractivity contribution >= 4 is 34.8 Å². The van der Waals surface area contributed by atoms with Crippen LogP contribution < -0.4 is 10.9 Å². The number of anilines is 1. The van der Waals surface area contributed by atoms with Crippen LogP contribution in [0.3, 0.4) is 0 Å². The van der Waals surface area contributed by atoms with E-state index in [-0.39, 0.29) is 11.5 Å². The molecule has 1 fully saturated rings. The number of aromatic nitrogens is 1. The third kappa shape index (κ3) is 4.21. The number of amides is 1. The lowest BCUT2D eigenvalue weighted by Gasteiger charge is -2.36. The van der Waals surface area contributed by atoms with Crippen molar-refractivity contribution in [2.24, 2.45) is 0 Å². The summed E-state index contributed by atoms with van der Waals surface area (Å²) < 4.78 is 7.08. The molecule has 1 amide bonds. The Hall–Kier alpha value is -1.82. The number of carbonyl (C=O) groups is 1. The molecule has 27 heavy (non-hydrogen) atoms. The van der Waals surface area contributed by atoms with E-state index in [0.717, 1.165) is 12.0 Å². The number of hydrogen-bond acceptors (Lipinski definition) is 3. The number of nitrogens with zero attached hydrogens (tertiary/aromatic N) is 1. The van der Waals surface area contributed by atoms with E-state index in [2.05, 4.69) is 5.32 Å². The van der Waals surface area contributed by atoms with Gasteiger partial charge in [-0.25, -0.2) is 0 Å². The summed E-state index contributed by atoms with van der Waals surface area (Å²) in [6.45, 7) is 3.55. The van der Waals surface area contributed by atoms with Crippen LogP contribution in [0.15, 0.2) is 41.3 Å². The summed E-state index contributed by atoms with van der Waals surface area (Å²) >= 11 is 12.5. The molecular formula is C20H22Cl2N2O3. The van der Waals surface area contributed by atoms with E-state index < -0.39 is 5.41 Å². The quantitative estimate of drug-likeness (QED) is 0.803. The molecule has 2 aromatic rings. The van der Waals surface area contributed by atoms with Gasteiger partial charge in [0.25, 0.3) is 5.56 Å². The van der Waals surface area contributed by atoms with Gasteiger partial charge in [0.1, 0.15) is 0 Å². The Labute approximate surface area is 168 Å². The molecule has 3 rings (SSSR count). The summed E-state index contributed by atoms with van der Waals surface area (Å²) in [5.74, 6) is -0.156. The lowest BCUT2D eigenvalue weighted by molar-refractivity contribution is -0.125. The predicted molar refractivity (Wildman–Crippen MR) is 108 cm³/mol. The molecule has 0 spiro atoms. The normalized spacial score (nSPS) is 16.1. The molecule has 0 radical (unpaired) electrons. The Kier molecular flexibility index (Phi) is 6.25. The van der Waals surface area contributed by atoms with Crippen LogP contribution in [-0.2, 0) is 21.5 Å². The molecule has 0 atom stereocenters. The molecule has 1 aromatic carbocycles. The molecule has 7 heteroatoms. The van der Waals surface area contributed by atoms with Gasteiger partial charge in [-0.2, -0.15) is 0 Å². The van der Waals surface area contributed by atoms with Crippen molar-refractivity contribution in [2.75, 3.05) is 18.5 Å². The maximum absolute atomic E-state index is 13.3. The minimum absolute atomic E-state index is 0.0867. The first-order valence-corrected chi connectivity index (χ1v) is 9.77. The van der Waals surface area contributed by atoms with E-state index >= 15 is 0 Å². The van der Waals surface area contributed by atoms with Gasteiger partial charge in [-0.15, -0.1) is 0 Å². The molecule has 1 aliphatic rings. The van der Waals surface area contributed by atoms with Gasteiger partial charge in [-0.05, 0) is 43.0 Å². The van der Waals surface area contributed by atoms with Crippen molar-refractivity contribution < 1.29 is 9.53 Å². The van der Waals surface area contributed by atoms with Crippen LogP contribution >= 0.6 is 23.2 Å². The summed E-state index contributed by atoms with van der Waals surface area (Å²) in [4.78, 5) is 25.2. The first kappa shape index (κ1) is 19.9. The van der Waals surface area contributed by atoms with Gasteiger partial charge >= 0.3 is 0 Å². The zero-order valence-corrected chi connectivity index (χ0v) is 16.6. The predicted octanol–water partition coefficient (Wildman–Crippen LogP) is 4.25. The zero-order chi connectivity index (χ0) is 19.4. The number of ether oxygens (including phenoxy) is 1. The smallest absolute Gasteiger partial charge is 0.250 e. The highest BCUT2D eigenvalue weighted by atomic mass is 35.5. The van der Waals surface area contributed by atoms with Gasteiger partial charge in [0.15, 0.2) is 0 Å². The maximum Gasteiger partial charge on any atom is 0.250 e. The molecule has 1 aromatic heterocycles. The number of carbonyl (C=O) groups excluding carboxylic acids is 1. The summed E-state index contributed by atoms with van der Waals surface area (Å²) in [7, 11) is 0. The van der Waals surface area contributed by atoms with Crippen molar-refractivity contribution in [2.45, 2.75) is 38.1 Å². The highest BCUT2D eigenvalue weighted by Gasteiger charge is 2.43. The minimum Gasteiger partial charge on any atom is -0.381 e. The van der Waals surface area contributed by atoms with E-state index in [1.165, 1.54) is 6.07 Å². The Morgan fingerprint density at radius 1 is 1.22 bits per heavy atom. The number of aryl methyl sites for hydroxylation is 1. The maximum atomic E-state index is 13.3. The Bertz CT molecular complexity index is 889. The first-order chi connectivity index (χ1) is 13.0. The van der Waals surface area contributed by atoms with E-state index in [1.807, 2.05) is 13.0 Å². The van der Waals surface area contributed by atoms with Crippen molar-refractivity contribution in [3.05, 3.63) is 62.5 Å². The lowest BCUT2D eigenvalue weighted by atomic mass is 9.73. The number of pyridine rings is 1. The number of benzene rings is 1. The van der Waals surface area contributed by atoms with Crippen molar-refractivity contribution in [3.63, 3.8) is 0 Å². The molecule has 0 bridgehead atoms. The molecule has 0 saturated carbocycles. The second-order valence-electron chi connectivity index (χ2n) is 6.72. The van der Waals surface area contributed by atoms with Crippen LogP contribution in [0.2, 0.25) is 10.0 Å². The SMILES string of the molecule is CCCn1cc(NC(=O)C2(c3ccc(Cl)cc3Cl)CCOCC2)ccc1=O.